The molecular formula is C7H6O. The Morgan fingerprint density at radius 2 is 2.00 bits per heavy atom. The smallest absolute Gasteiger partial charge is 0.150 e. The maximum Gasteiger partial charge on any atom is 0.150 e. The van der Waals surface area contributed by atoms with Gasteiger partial charge in [0.05, 0.1) is 6.85 Å². The zero-order valence-electron chi connectivity index (χ0n) is 8.99. The first kappa shape index (κ1) is 1.69. The number of rotatable bonds is 1. The number of hydrogen-bond acceptors (Lipinski definition) is 1. The first-order valence-electron chi connectivity index (χ1n) is 4.52. The van der Waals surface area contributed by atoms with E-state index in [4.69, 9.17) is 6.85 Å². The monoisotopic (exact) mass is 111 g/mol. The molecule has 0 aliphatic carbocycles. The van der Waals surface area contributed by atoms with Crippen LogP contribution in [0.1, 0.15) is 17.2 Å². The lowest BCUT2D eigenvalue weighted by Crippen LogP contribution is -1.73. The lowest BCUT2D eigenvalue weighted by Gasteiger charge is -1.81. The fraction of sp³-hybridized carbons (Fsp3) is 0. The molecule has 0 spiro atoms. The van der Waals surface area contributed by atoms with E-state index in [1.54, 1.807) is 0 Å². The third-order valence-corrected chi connectivity index (χ3v) is 0.637. The Labute approximate surface area is 55.0 Å². The molecule has 1 aromatic rings. The summed E-state index contributed by atoms with van der Waals surface area (Å²) in [5.74, 6) is 0. The minimum Gasteiger partial charge on any atom is -0.298 e. The highest BCUT2D eigenvalue weighted by Crippen LogP contribution is 1.91. The molecule has 0 bridgehead atoms. The highest BCUT2D eigenvalue weighted by Gasteiger charge is 1.79. The van der Waals surface area contributed by atoms with Crippen LogP contribution in [0.15, 0.2) is 30.2 Å². The van der Waals surface area contributed by atoms with E-state index in [0.29, 0.717) is 0 Å². The molecule has 0 aliphatic heterocycles. The van der Waals surface area contributed by atoms with Gasteiger partial charge in [-0.25, -0.2) is 0 Å². The number of carbonyl (C=O) groups is 1. The molecule has 40 valence electrons. The Morgan fingerprint density at radius 1 is 1.38 bits per heavy atom. The average molecular weight is 111 g/mol. The van der Waals surface area contributed by atoms with E-state index in [1.165, 1.54) is 0 Å². The molecule has 0 heterocycles. The van der Waals surface area contributed by atoms with Gasteiger partial charge in [0.15, 0.2) is 0 Å². The predicted octanol–water partition coefficient (Wildman–Crippen LogP) is 1.50. The van der Waals surface area contributed by atoms with Crippen molar-refractivity contribution < 1.29 is 11.6 Å². The Kier molecular flexibility index (Phi) is 0.478. The highest BCUT2D eigenvalue weighted by atomic mass is 16.1. The SMILES string of the molecule is [2H]c1c([2H])c([2H])c(C=O)c([2H])c1[2H]. The quantitative estimate of drug-likeness (QED) is 0.502. The Balaban J connectivity index is 3.66. The van der Waals surface area contributed by atoms with Crippen LogP contribution in [0.2, 0.25) is 0 Å². The second-order valence-electron chi connectivity index (χ2n) is 1.16. The fourth-order valence-electron chi connectivity index (χ4n) is 0.319. The number of aldehydes is 1. The maximum absolute atomic E-state index is 10.4. The molecule has 0 fully saturated rings. The lowest BCUT2D eigenvalue weighted by molar-refractivity contribution is 0.112. The van der Waals surface area contributed by atoms with Gasteiger partial charge in [0.1, 0.15) is 6.29 Å². The molecule has 1 nitrogen and oxygen atoms in total. The van der Waals surface area contributed by atoms with Gasteiger partial charge in [-0.1, -0.05) is 30.2 Å². The van der Waals surface area contributed by atoms with E-state index in [0.717, 1.165) is 0 Å². The second-order valence-corrected chi connectivity index (χ2v) is 1.16. The summed E-state index contributed by atoms with van der Waals surface area (Å²) in [6, 6.07) is -2.37. The molecule has 0 aromatic heterocycles. The molecule has 8 heavy (non-hydrogen) atoms. The molecule has 0 atom stereocenters. The molecule has 0 N–H and O–H groups in total. The van der Waals surface area contributed by atoms with Crippen molar-refractivity contribution in [1.29, 1.82) is 0 Å². The van der Waals surface area contributed by atoms with Crippen molar-refractivity contribution in [2.24, 2.45) is 0 Å². The van der Waals surface area contributed by atoms with E-state index < -0.39 is 30.2 Å². The summed E-state index contributed by atoms with van der Waals surface area (Å²) in [5, 5.41) is 0. The summed E-state index contributed by atoms with van der Waals surface area (Å²) in [4.78, 5) is 10.4. The second kappa shape index (κ2) is 2.26. The van der Waals surface area contributed by atoms with Crippen molar-refractivity contribution in [3.05, 3.63) is 35.8 Å². The largest absolute Gasteiger partial charge is 0.298 e. The summed E-state index contributed by atoms with van der Waals surface area (Å²) in [6.45, 7) is 0. The number of hydrogen-bond donors (Lipinski definition) is 0. The first-order chi connectivity index (χ1) is 6.00. The van der Waals surface area contributed by atoms with E-state index in [-0.39, 0.29) is 11.8 Å². The average Bonchev–Trinajstić information content (AvgIpc) is 2.13. The molecule has 0 amide bonds. The molecule has 0 saturated heterocycles. The lowest BCUT2D eigenvalue weighted by atomic mass is 10.2. The highest BCUT2D eigenvalue weighted by molar-refractivity contribution is 5.74. The summed E-state index contributed by atoms with van der Waals surface area (Å²) >= 11 is 0. The van der Waals surface area contributed by atoms with Gasteiger partial charge in [-0.15, -0.1) is 0 Å². The van der Waals surface area contributed by atoms with Crippen molar-refractivity contribution in [2.75, 3.05) is 0 Å². The molecule has 0 radical (unpaired) electrons. The van der Waals surface area contributed by atoms with Gasteiger partial charge in [-0.2, -0.15) is 0 Å². The summed E-state index contributed by atoms with van der Waals surface area (Å²) < 4.78 is 36.0. The van der Waals surface area contributed by atoms with Crippen LogP contribution in [-0.4, -0.2) is 6.29 Å². The third kappa shape index (κ3) is 0.936. The summed E-state index contributed by atoms with van der Waals surface area (Å²) in [7, 11) is 0. The molecule has 0 aliphatic rings. The zero-order chi connectivity index (χ0) is 10.2. The van der Waals surface area contributed by atoms with Gasteiger partial charge in [0, 0.05) is 5.56 Å². The molecule has 1 rings (SSSR count). The van der Waals surface area contributed by atoms with Crippen LogP contribution in [-0.2, 0) is 0 Å². The number of carbonyl (C=O) groups excluding carboxylic acids is 1. The summed E-state index contributed by atoms with van der Waals surface area (Å²) in [5.41, 5.74) is -0.300. The standard InChI is InChI=1S/C7H6O/c8-6-7-4-2-1-3-5-7/h1-6H/i1D,2D,3D,4D,5D. The minimum absolute atomic E-state index is 0.264. The van der Waals surface area contributed by atoms with Crippen LogP contribution in [0.25, 0.3) is 0 Å². The van der Waals surface area contributed by atoms with Crippen LogP contribution in [0, 0.1) is 0 Å². The zero-order valence-corrected chi connectivity index (χ0v) is 3.99. The van der Waals surface area contributed by atoms with Crippen LogP contribution in [0.3, 0.4) is 0 Å². The van der Waals surface area contributed by atoms with Crippen LogP contribution < -0.4 is 0 Å². The molecule has 0 unspecified atom stereocenters. The minimum atomic E-state index is -0.486. The first-order valence-corrected chi connectivity index (χ1v) is 2.02. The van der Waals surface area contributed by atoms with E-state index in [9.17, 15) is 4.79 Å². The maximum atomic E-state index is 10.4. The third-order valence-electron chi connectivity index (χ3n) is 0.637. The van der Waals surface area contributed by atoms with Gasteiger partial charge >= 0.3 is 0 Å². The Hall–Kier alpha value is -1.11. The van der Waals surface area contributed by atoms with Gasteiger partial charge in [-0.3, -0.25) is 4.79 Å². The molecule has 0 saturated carbocycles. The van der Waals surface area contributed by atoms with Gasteiger partial charge in [0.25, 0.3) is 0 Å². The van der Waals surface area contributed by atoms with E-state index >= 15 is 0 Å². The van der Waals surface area contributed by atoms with Gasteiger partial charge in [0.2, 0.25) is 0 Å². The van der Waals surface area contributed by atoms with Crippen molar-refractivity contribution >= 4 is 6.29 Å². The topological polar surface area (TPSA) is 17.1 Å². The van der Waals surface area contributed by atoms with E-state index in [1.807, 2.05) is 0 Å². The molecule has 1 heteroatoms. The molecule has 1 aromatic carbocycles. The van der Waals surface area contributed by atoms with Crippen molar-refractivity contribution in [3.8, 4) is 0 Å². The molecular weight excluding hydrogens is 100 g/mol. The van der Waals surface area contributed by atoms with Crippen molar-refractivity contribution in [1.82, 2.24) is 0 Å². The van der Waals surface area contributed by atoms with Gasteiger partial charge in [-0.05, 0) is 0 Å². The van der Waals surface area contributed by atoms with Crippen molar-refractivity contribution in [2.45, 2.75) is 0 Å². The van der Waals surface area contributed by atoms with Crippen LogP contribution in [0.5, 0.6) is 0 Å². The van der Waals surface area contributed by atoms with Crippen LogP contribution >= 0.6 is 0 Å². The van der Waals surface area contributed by atoms with E-state index in [2.05, 4.69) is 0 Å². The predicted molar refractivity (Wildman–Crippen MR) is 31.8 cm³/mol. The number of benzene rings is 1. The van der Waals surface area contributed by atoms with Crippen molar-refractivity contribution in [3.63, 3.8) is 0 Å². The Bertz CT molecular complexity index is 345. The summed E-state index contributed by atoms with van der Waals surface area (Å²) in [6.07, 6.45) is 0.264. The van der Waals surface area contributed by atoms with Gasteiger partial charge < -0.3 is 0 Å². The fourth-order valence-corrected chi connectivity index (χ4v) is 0.319. The Morgan fingerprint density at radius 3 is 2.50 bits per heavy atom. The van der Waals surface area contributed by atoms with Crippen LogP contribution in [0.4, 0.5) is 0 Å². The normalized spacial score (nSPS) is 17.2.